The van der Waals surface area contributed by atoms with Crippen LogP contribution >= 0.6 is 0 Å². The van der Waals surface area contributed by atoms with Gasteiger partial charge in [0.2, 0.25) is 0 Å². The highest BCUT2D eigenvalue weighted by molar-refractivity contribution is 5.97. The Morgan fingerprint density at radius 2 is 2.25 bits per heavy atom. The highest BCUT2D eigenvalue weighted by Gasteiger charge is 2.41. The number of amides is 1. The molecule has 108 valence electrons. The Balaban J connectivity index is 1.77. The Morgan fingerprint density at radius 1 is 1.40 bits per heavy atom. The number of phenols is 1. The fourth-order valence-electron chi connectivity index (χ4n) is 3.48. The van der Waals surface area contributed by atoms with Crippen LogP contribution in [0.4, 0.5) is 0 Å². The number of piperidine rings is 1. The molecule has 0 saturated carbocycles. The molecule has 2 saturated heterocycles. The van der Waals surface area contributed by atoms with Crippen molar-refractivity contribution in [2.75, 3.05) is 26.2 Å². The molecule has 1 aromatic rings. The summed E-state index contributed by atoms with van der Waals surface area (Å²) in [5.74, 6) is 0.0527. The number of likely N-dealkylation sites (tertiary alicyclic amines) is 1. The maximum Gasteiger partial charge on any atom is 0.257 e. The van der Waals surface area contributed by atoms with Crippen molar-refractivity contribution in [1.82, 2.24) is 10.2 Å². The number of nitrogens with zero attached hydrogens (tertiary/aromatic N) is 1. The minimum Gasteiger partial charge on any atom is -0.507 e. The predicted octanol–water partition coefficient (Wildman–Crippen LogP) is 1.92. The Hall–Kier alpha value is -1.55. The van der Waals surface area contributed by atoms with Crippen molar-refractivity contribution < 1.29 is 9.90 Å². The van der Waals surface area contributed by atoms with Crippen LogP contribution in [0.1, 0.15) is 35.2 Å². The normalized spacial score (nSPS) is 26.1. The van der Waals surface area contributed by atoms with Crippen LogP contribution < -0.4 is 5.32 Å². The van der Waals surface area contributed by atoms with Crippen molar-refractivity contribution in [3.05, 3.63) is 29.3 Å². The van der Waals surface area contributed by atoms with Crippen LogP contribution in [-0.2, 0) is 0 Å². The average Bonchev–Trinajstić information content (AvgIpc) is 2.85. The zero-order valence-corrected chi connectivity index (χ0v) is 12.0. The molecule has 0 radical (unpaired) electrons. The third-order valence-corrected chi connectivity index (χ3v) is 4.67. The zero-order valence-electron chi connectivity index (χ0n) is 12.0. The minimum atomic E-state index is -0.0337. The molecule has 0 aliphatic carbocycles. The molecule has 1 atom stereocenters. The van der Waals surface area contributed by atoms with E-state index in [1.807, 2.05) is 17.9 Å². The van der Waals surface area contributed by atoms with Gasteiger partial charge in [-0.3, -0.25) is 4.79 Å². The first-order valence-corrected chi connectivity index (χ1v) is 7.39. The Bertz CT molecular complexity index is 521. The number of aromatic hydroxyl groups is 1. The average molecular weight is 274 g/mol. The number of hydrogen-bond donors (Lipinski definition) is 2. The SMILES string of the molecule is Cc1ccc(O)c(C(=O)N2CC[C@@]3(CCCNC3)C2)c1. The molecule has 4 nitrogen and oxygen atoms in total. The second kappa shape index (κ2) is 5.09. The van der Waals surface area contributed by atoms with Gasteiger partial charge >= 0.3 is 0 Å². The Labute approximate surface area is 119 Å². The van der Waals surface area contributed by atoms with Crippen LogP contribution in [0.5, 0.6) is 5.75 Å². The number of phenolic OH excluding ortho intramolecular Hbond substituents is 1. The molecule has 20 heavy (non-hydrogen) atoms. The quantitative estimate of drug-likeness (QED) is 0.822. The van der Waals surface area contributed by atoms with Crippen LogP contribution in [-0.4, -0.2) is 42.1 Å². The van der Waals surface area contributed by atoms with Gasteiger partial charge in [-0.1, -0.05) is 11.6 Å². The zero-order chi connectivity index (χ0) is 14.2. The summed E-state index contributed by atoms with van der Waals surface area (Å²) in [6.07, 6.45) is 3.46. The lowest BCUT2D eigenvalue weighted by molar-refractivity contribution is 0.0761. The van der Waals surface area contributed by atoms with Gasteiger partial charge in [0.25, 0.3) is 5.91 Å². The number of hydrogen-bond acceptors (Lipinski definition) is 3. The molecule has 0 bridgehead atoms. The second-order valence-electron chi connectivity index (χ2n) is 6.28. The van der Waals surface area contributed by atoms with Gasteiger partial charge in [0.1, 0.15) is 5.75 Å². The van der Waals surface area contributed by atoms with E-state index < -0.39 is 0 Å². The number of carbonyl (C=O) groups excluding carboxylic acids is 1. The highest BCUT2D eigenvalue weighted by Crippen LogP contribution is 2.37. The summed E-state index contributed by atoms with van der Waals surface area (Å²) in [5.41, 5.74) is 1.69. The predicted molar refractivity (Wildman–Crippen MR) is 77.9 cm³/mol. The monoisotopic (exact) mass is 274 g/mol. The molecule has 2 aliphatic rings. The topological polar surface area (TPSA) is 52.6 Å². The highest BCUT2D eigenvalue weighted by atomic mass is 16.3. The number of nitrogens with one attached hydrogen (secondary N) is 1. The Kier molecular flexibility index (Phi) is 3.42. The molecule has 3 rings (SSSR count). The van der Waals surface area contributed by atoms with E-state index in [9.17, 15) is 9.90 Å². The van der Waals surface area contributed by atoms with Crippen molar-refractivity contribution in [3.8, 4) is 5.75 Å². The van der Waals surface area contributed by atoms with E-state index in [-0.39, 0.29) is 17.1 Å². The number of aryl methyl sites for hydroxylation is 1. The molecule has 1 amide bonds. The number of carbonyl (C=O) groups is 1. The minimum absolute atomic E-state index is 0.0337. The first-order valence-electron chi connectivity index (χ1n) is 7.39. The van der Waals surface area contributed by atoms with E-state index in [0.29, 0.717) is 5.56 Å². The fraction of sp³-hybridized carbons (Fsp3) is 0.562. The summed E-state index contributed by atoms with van der Waals surface area (Å²) in [6.45, 7) is 5.65. The summed E-state index contributed by atoms with van der Waals surface area (Å²) >= 11 is 0. The van der Waals surface area contributed by atoms with Gasteiger partial charge in [-0.25, -0.2) is 0 Å². The molecule has 1 spiro atoms. The number of benzene rings is 1. The van der Waals surface area contributed by atoms with E-state index in [1.54, 1.807) is 12.1 Å². The van der Waals surface area contributed by atoms with Gasteiger partial charge in [0.15, 0.2) is 0 Å². The van der Waals surface area contributed by atoms with Crippen molar-refractivity contribution in [2.24, 2.45) is 5.41 Å². The Morgan fingerprint density at radius 3 is 3.00 bits per heavy atom. The molecule has 2 fully saturated rings. The smallest absolute Gasteiger partial charge is 0.257 e. The summed E-state index contributed by atoms with van der Waals surface area (Å²) in [5, 5.41) is 13.4. The molecule has 2 N–H and O–H groups in total. The van der Waals surface area contributed by atoms with Gasteiger partial charge in [-0.15, -0.1) is 0 Å². The van der Waals surface area contributed by atoms with E-state index in [1.165, 1.54) is 12.8 Å². The molecule has 2 aliphatic heterocycles. The third-order valence-electron chi connectivity index (χ3n) is 4.67. The first kappa shape index (κ1) is 13.4. The molecule has 2 heterocycles. The summed E-state index contributed by atoms with van der Waals surface area (Å²) in [7, 11) is 0. The van der Waals surface area contributed by atoms with Crippen LogP contribution in [0.2, 0.25) is 0 Å². The summed E-state index contributed by atoms with van der Waals surface area (Å²) in [4.78, 5) is 14.5. The van der Waals surface area contributed by atoms with E-state index >= 15 is 0 Å². The van der Waals surface area contributed by atoms with Crippen molar-refractivity contribution >= 4 is 5.91 Å². The standard InChI is InChI=1S/C16H22N2O2/c1-12-3-4-14(19)13(9-12)15(20)18-8-6-16(11-18)5-2-7-17-10-16/h3-4,9,17,19H,2,5-8,10-11H2,1H3/t16-/m1/s1. The van der Waals surface area contributed by atoms with Gasteiger partial charge in [-0.05, 0) is 44.9 Å². The van der Waals surface area contributed by atoms with Crippen LogP contribution in [0.25, 0.3) is 0 Å². The fourth-order valence-corrected chi connectivity index (χ4v) is 3.48. The first-order chi connectivity index (χ1) is 9.60. The van der Waals surface area contributed by atoms with Gasteiger partial charge in [0.05, 0.1) is 5.56 Å². The molecular weight excluding hydrogens is 252 g/mol. The van der Waals surface area contributed by atoms with Crippen LogP contribution in [0.15, 0.2) is 18.2 Å². The lowest BCUT2D eigenvalue weighted by Crippen LogP contribution is -2.42. The maximum absolute atomic E-state index is 12.6. The molecule has 4 heteroatoms. The largest absolute Gasteiger partial charge is 0.507 e. The van der Waals surface area contributed by atoms with Gasteiger partial charge in [-0.2, -0.15) is 0 Å². The van der Waals surface area contributed by atoms with Crippen molar-refractivity contribution in [1.29, 1.82) is 0 Å². The molecule has 0 unspecified atom stereocenters. The van der Waals surface area contributed by atoms with Crippen LogP contribution in [0.3, 0.4) is 0 Å². The lowest BCUT2D eigenvalue weighted by Gasteiger charge is -2.33. The molecule has 0 aromatic heterocycles. The summed E-state index contributed by atoms with van der Waals surface area (Å²) in [6, 6.07) is 5.21. The second-order valence-corrected chi connectivity index (χ2v) is 6.28. The van der Waals surface area contributed by atoms with Gasteiger partial charge in [0, 0.05) is 25.0 Å². The van der Waals surface area contributed by atoms with E-state index in [4.69, 9.17) is 0 Å². The molecule has 1 aromatic carbocycles. The van der Waals surface area contributed by atoms with Crippen LogP contribution in [0, 0.1) is 12.3 Å². The van der Waals surface area contributed by atoms with E-state index in [0.717, 1.165) is 38.2 Å². The third kappa shape index (κ3) is 2.40. The number of rotatable bonds is 1. The van der Waals surface area contributed by atoms with E-state index in [2.05, 4.69) is 5.32 Å². The summed E-state index contributed by atoms with van der Waals surface area (Å²) < 4.78 is 0. The maximum atomic E-state index is 12.6. The lowest BCUT2D eigenvalue weighted by atomic mass is 9.80. The van der Waals surface area contributed by atoms with Crippen molar-refractivity contribution in [2.45, 2.75) is 26.2 Å². The van der Waals surface area contributed by atoms with Gasteiger partial charge < -0.3 is 15.3 Å². The molecular formula is C16H22N2O2. The van der Waals surface area contributed by atoms with Crippen molar-refractivity contribution in [3.63, 3.8) is 0 Å².